The molecule has 2 nitrogen and oxygen atoms in total. The first kappa shape index (κ1) is 17.2. The Kier molecular flexibility index (Phi) is 5.68. The van der Waals surface area contributed by atoms with E-state index in [4.69, 9.17) is 0 Å². The highest BCUT2D eigenvalue weighted by atomic mass is 32.2. The molecule has 3 aromatic rings. The first-order chi connectivity index (χ1) is 11.8. The molecule has 0 saturated carbocycles. The van der Waals surface area contributed by atoms with Gasteiger partial charge in [-0.15, -0.1) is 34.4 Å². The maximum absolute atomic E-state index is 11.1. The van der Waals surface area contributed by atoms with E-state index >= 15 is 0 Å². The summed E-state index contributed by atoms with van der Waals surface area (Å²) in [6.07, 6.45) is 8.55. The van der Waals surface area contributed by atoms with Gasteiger partial charge in [-0.1, -0.05) is 24.8 Å². The minimum absolute atomic E-state index is 0.711. The lowest BCUT2D eigenvalue weighted by Gasteiger charge is -2.15. The van der Waals surface area contributed by atoms with E-state index in [1.807, 2.05) is 30.5 Å². The van der Waals surface area contributed by atoms with Crippen LogP contribution in [0.5, 0.6) is 0 Å². The van der Waals surface area contributed by atoms with E-state index in [9.17, 15) is 5.11 Å². The van der Waals surface area contributed by atoms with Crippen molar-refractivity contribution in [3.05, 3.63) is 82.2 Å². The number of hydrogen-bond donors (Lipinski definition) is 1. The number of aliphatic hydroxyl groups excluding tert-OH is 1. The van der Waals surface area contributed by atoms with Gasteiger partial charge in [-0.05, 0) is 29.8 Å². The average molecular weight is 372 g/mol. The first-order valence-electron chi connectivity index (χ1n) is 7.36. The van der Waals surface area contributed by atoms with Crippen LogP contribution in [0.2, 0.25) is 0 Å². The fraction of sp³-hybridized carbons (Fsp3) is 0.105. The van der Waals surface area contributed by atoms with Gasteiger partial charge in [-0.2, -0.15) is 0 Å². The number of hydrogen-bond acceptors (Lipinski definition) is 5. The monoisotopic (exact) mass is 371 g/mol. The molecular weight excluding hydrogens is 354 g/mol. The second-order valence-electron chi connectivity index (χ2n) is 5.03. The molecule has 0 aliphatic carbocycles. The fourth-order valence-corrected chi connectivity index (χ4v) is 5.28. The summed E-state index contributed by atoms with van der Waals surface area (Å²) in [5.74, 6) is 0. The van der Waals surface area contributed by atoms with Gasteiger partial charge in [-0.25, -0.2) is 0 Å². The molecule has 1 unspecified atom stereocenters. The zero-order chi connectivity index (χ0) is 16.9. The van der Waals surface area contributed by atoms with Crippen molar-refractivity contribution in [2.24, 2.45) is 0 Å². The summed E-state index contributed by atoms with van der Waals surface area (Å²) in [6.45, 7) is 3.81. The molecule has 0 saturated heterocycles. The Balaban J connectivity index is 2.18. The zero-order valence-corrected chi connectivity index (χ0v) is 15.6. The van der Waals surface area contributed by atoms with E-state index in [0.717, 1.165) is 31.3 Å². The molecule has 1 atom stereocenters. The zero-order valence-electron chi connectivity index (χ0n) is 13.2. The van der Waals surface area contributed by atoms with Gasteiger partial charge in [-0.3, -0.25) is 4.98 Å². The van der Waals surface area contributed by atoms with E-state index in [1.165, 1.54) is 0 Å². The maximum atomic E-state index is 11.1. The summed E-state index contributed by atoms with van der Waals surface area (Å²) in [7, 11) is 0. The molecule has 5 heteroatoms. The predicted octanol–water partition coefficient (Wildman–Crippen LogP) is 5.84. The Morgan fingerprint density at radius 3 is 2.83 bits per heavy atom. The van der Waals surface area contributed by atoms with Gasteiger partial charge in [0.25, 0.3) is 0 Å². The number of rotatable bonds is 6. The molecule has 0 aliphatic heterocycles. The number of pyridine rings is 1. The van der Waals surface area contributed by atoms with Crippen LogP contribution >= 0.6 is 34.4 Å². The molecule has 1 N–H and O–H groups in total. The summed E-state index contributed by atoms with van der Waals surface area (Å²) < 4.78 is 0. The third kappa shape index (κ3) is 3.39. The summed E-state index contributed by atoms with van der Waals surface area (Å²) >= 11 is 5.00. The summed E-state index contributed by atoms with van der Waals surface area (Å²) in [5, 5.41) is 15.2. The van der Waals surface area contributed by atoms with Gasteiger partial charge < -0.3 is 5.11 Å². The third-order valence-corrected chi connectivity index (χ3v) is 6.44. The predicted molar refractivity (Wildman–Crippen MR) is 108 cm³/mol. The van der Waals surface area contributed by atoms with E-state index < -0.39 is 6.10 Å². The van der Waals surface area contributed by atoms with Crippen LogP contribution in [0.4, 0.5) is 0 Å². The first-order valence-corrected chi connectivity index (χ1v) is 10.3. The number of thiophene rings is 2. The van der Waals surface area contributed by atoms with Crippen LogP contribution in [0.1, 0.15) is 22.1 Å². The Labute approximate surface area is 154 Å². The Morgan fingerprint density at radius 2 is 2.21 bits per heavy atom. The Bertz CT molecular complexity index is 835. The van der Waals surface area contributed by atoms with Crippen LogP contribution in [0, 0.1) is 0 Å². The van der Waals surface area contributed by atoms with Gasteiger partial charge in [0.15, 0.2) is 0 Å². The third-order valence-electron chi connectivity index (χ3n) is 3.60. The smallest absolute Gasteiger partial charge is 0.108 e. The second kappa shape index (κ2) is 7.94. The van der Waals surface area contributed by atoms with Crippen LogP contribution in [0.3, 0.4) is 0 Å². The molecule has 0 bridgehead atoms. The van der Waals surface area contributed by atoms with Crippen molar-refractivity contribution in [2.45, 2.75) is 6.10 Å². The second-order valence-corrected chi connectivity index (χ2v) is 7.70. The van der Waals surface area contributed by atoms with Crippen LogP contribution in [-0.4, -0.2) is 16.3 Å². The molecule has 3 rings (SSSR count). The number of allylic oxidation sites excluding steroid dienone is 2. The summed E-state index contributed by atoms with van der Waals surface area (Å²) in [6, 6.07) is 7.89. The lowest BCUT2D eigenvalue weighted by Crippen LogP contribution is -2.02. The van der Waals surface area contributed by atoms with E-state index in [2.05, 4.69) is 28.4 Å². The molecule has 0 spiro atoms. The van der Waals surface area contributed by atoms with Gasteiger partial charge in [0.2, 0.25) is 0 Å². The van der Waals surface area contributed by atoms with Crippen LogP contribution in [0.15, 0.2) is 66.2 Å². The minimum Gasteiger partial charge on any atom is -0.384 e. The Hall–Kier alpha value is -1.66. The van der Waals surface area contributed by atoms with Crippen molar-refractivity contribution in [2.75, 3.05) is 6.26 Å². The van der Waals surface area contributed by atoms with Crippen LogP contribution in [0.25, 0.3) is 15.3 Å². The van der Waals surface area contributed by atoms with Crippen LogP contribution < -0.4 is 0 Å². The number of aliphatic hydroxyl groups is 1. The quantitative estimate of drug-likeness (QED) is 0.552. The standard InChI is InChI=1S/C19H17NOS3/c1-3-6-16(22-2)19-17(18(21)13-7-4-9-20-11-13)14(12-24-19)15-8-5-10-23-15/h3-12,18,21H,1H2,2H3/b16-6-. The molecule has 0 radical (unpaired) electrons. The largest absolute Gasteiger partial charge is 0.384 e. The van der Waals surface area contributed by atoms with E-state index in [1.54, 1.807) is 52.9 Å². The van der Waals surface area contributed by atoms with Crippen molar-refractivity contribution < 1.29 is 5.11 Å². The van der Waals surface area contributed by atoms with Gasteiger partial charge >= 0.3 is 0 Å². The molecule has 3 aromatic heterocycles. The van der Waals surface area contributed by atoms with Gasteiger partial charge in [0.05, 0.1) is 0 Å². The highest BCUT2D eigenvalue weighted by molar-refractivity contribution is 8.07. The Morgan fingerprint density at radius 1 is 1.33 bits per heavy atom. The number of thioether (sulfide) groups is 1. The molecule has 0 aromatic carbocycles. The molecule has 0 fully saturated rings. The lowest BCUT2D eigenvalue weighted by atomic mass is 9.98. The minimum atomic E-state index is -0.711. The molecule has 122 valence electrons. The number of nitrogens with zero attached hydrogens (tertiary/aromatic N) is 1. The topological polar surface area (TPSA) is 33.1 Å². The maximum Gasteiger partial charge on any atom is 0.108 e. The van der Waals surface area contributed by atoms with Crippen molar-refractivity contribution in [1.82, 2.24) is 4.98 Å². The fourth-order valence-electron chi connectivity index (χ4n) is 2.50. The van der Waals surface area contributed by atoms with Crippen molar-refractivity contribution >= 4 is 39.3 Å². The van der Waals surface area contributed by atoms with E-state index in [0.29, 0.717) is 0 Å². The van der Waals surface area contributed by atoms with Crippen LogP contribution in [-0.2, 0) is 0 Å². The summed E-state index contributed by atoms with van der Waals surface area (Å²) in [4.78, 5) is 7.50. The van der Waals surface area contributed by atoms with Crippen molar-refractivity contribution in [3.8, 4) is 10.4 Å². The van der Waals surface area contributed by atoms with Gasteiger partial charge in [0.1, 0.15) is 6.10 Å². The highest BCUT2D eigenvalue weighted by Crippen LogP contribution is 2.44. The normalized spacial score (nSPS) is 13.0. The van der Waals surface area contributed by atoms with Crippen molar-refractivity contribution in [1.29, 1.82) is 0 Å². The molecule has 0 aliphatic rings. The lowest BCUT2D eigenvalue weighted by molar-refractivity contribution is 0.220. The highest BCUT2D eigenvalue weighted by Gasteiger charge is 2.24. The molecular formula is C19H17NOS3. The van der Waals surface area contributed by atoms with Crippen molar-refractivity contribution in [3.63, 3.8) is 0 Å². The molecule has 3 heterocycles. The van der Waals surface area contributed by atoms with Gasteiger partial charge in [0, 0.05) is 49.1 Å². The summed E-state index contributed by atoms with van der Waals surface area (Å²) in [5.41, 5.74) is 2.83. The molecule has 24 heavy (non-hydrogen) atoms. The van der Waals surface area contributed by atoms with E-state index in [-0.39, 0.29) is 0 Å². The average Bonchev–Trinajstić information content (AvgIpc) is 3.29. The molecule has 0 amide bonds. The number of aromatic nitrogens is 1. The SMILES string of the molecule is C=C/C=C(\SC)c1scc(-c2cccs2)c1C(O)c1cccnc1.